The molecule has 3 rings (SSSR count). The first kappa shape index (κ1) is 14.5. The van der Waals surface area contributed by atoms with Gasteiger partial charge in [-0.05, 0) is 31.5 Å². The minimum atomic E-state index is -0.227. The van der Waals surface area contributed by atoms with Crippen LogP contribution in [-0.4, -0.2) is 28.0 Å². The molecule has 0 fully saturated rings. The number of hydrogen-bond acceptors (Lipinski definition) is 2. The second-order valence-electron chi connectivity index (χ2n) is 5.80. The minimum absolute atomic E-state index is 0.227. The van der Waals surface area contributed by atoms with Gasteiger partial charge in [-0.1, -0.05) is 17.7 Å². The summed E-state index contributed by atoms with van der Waals surface area (Å²) in [4.78, 5) is 6.49. The SMILES string of the molecule is CN(Cc1c(F)cccc1Cl)C[C@H]1CCc2nccn2C1. The van der Waals surface area contributed by atoms with Gasteiger partial charge in [0.1, 0.15) is 11.6 Å². The first-order valence-electron chi connectivity index (χ1n) is 7.25. The lowest BCUT2D eigenvalue weighted by atomic mass is 9.98. The van der Waals surface area contributed by atoms with Crippen molar-refractivity contribution in [2.24, 2.45) is 5.92 Å². The summed E-state index contributed by atoms with van der Waals surface area (Å²) in [6, 6.07) is 4.85. The van der Waals surface area contributed by atoms with Crippen molar-refractivity contribution in [3.05, 3.63) is 52.8 Å². The van der Waals surface area contributed by atoms with Gasteiger partial charge in [-0.3, -0.25) is 0 Å². The molecule has 3 nitrogen and oxygen atoms in total. The number of fused-ring (bicyclic) bond motifs is 1. The van der Waals surface area contributed by atoms with E-state index in [1.54, 1.807) is 12.1 Å². The van der Waals surface area contributed by atoms with Crippen LogP contribution in [0.1, 0.15) is 17.8 Å². The monoisotopic (exact) mass is 307 g/mol. The molecule has 2 aromatic rings. The van der Waals surface area contributed by atoms with Crippen LogP contribution < -0.4 is 0 Å². The quantitative estimate of drug-likeness (QED) is 0.863. The van der Waals surface area contributed by atoms with E-state index in [4.69, 9.17) is 11.6 Å². The smallest absolute Gasteiger partial charge is 0.129 e. The molecule has 1 atom stereocenters. The molecule has 0 N–H and O–H groups in total. The summed E-state index contributed by atoms with van der Waals surface area (Å²) in [6.45, 7) is 2.46. The highest BCUT2D eigenvalue weighted by atomic mass is 35.5. The number of halogens is 2. The van der Waals surface area contributed by atoms with Gasteiger partial charge in [-0.2, -0.15) is 0 Å². The van der Waals surface area contributed by atoms with Crippen LogP contribution in [0.5, 0.6) is 0 Å². The summed E-state index contributed by atoms with van der Waals surface area (Å²) in [7, 11) is 2.02. The average Bonchev–Trinajstić information content (AvgIpc) is 2.90. The molecule has 1 aliphatic heterocycles. The number of hydrogen-bond donors (Lipinski definition) is 0. The highest BCUT2D eigenvalue weighted by Crippen LogP contribution is 2.23. The highest BCUT2D eigenvalue weighted by Gasteiger charge is 2.20. The Morgan fingerprint density at radius 3 is 3.14 bits per heavy atom. The number of aryl methyl sites for hydroxylation is 1. The third-order valence-corrected chi connectivity index (χ3v) is 4.45. The van der Waals surface area contributed by atoms with Gasteiger partial charge in [0.2, 0.25) is 0 Å². The lowest BCUT2D eigenvalue weighted by Crippen LogP contribution is -2.31. The molecular weight excluding hydrogens is 289 g/mol. The predicted molar refractivity (Wildman–Crippen MR) is 81.8 cm³/mol. The van der Waals surface area contributed by atoms with Crippen molar-refractivity contribution in [1.82, 2.24) is 14.5 Å². The van der Waals surface area contributed by atoms with Crippen molar-refractivity contribution in [3.63, 3.8) is 0 Å². The number of imidazole rings is 1. The zero-order valence-corrected chi connectivity index (χ0v) is 12.9. The molecule has 0 spiro atoms. The summed E-state index contributed by atoms with van der Waals surface area (Å²) in [5.74, 6) is 1.52. The maximum atomic E-state index is 13.8. The first-order valence-corrected chi connectivity index (χ1v) is 7.62. The molecule has 1 aromatic heterocycles. The summed E-state index contributed by atoms with van der Waals surface area (Å²) in [6.07, 6.45) is 6.05. The van der Waals surface area contributed by atoms with Gasteiger partial charge < -0.3 is 9.47 Å². The van der Waals surface area contributed by atoms with Gasteiger partial charge >= 0.3 is 0 Å². The summed E-state index contributed by atoms with van der Waals surface area (Å²) in [5, 5.41) is 0.502. The number of nitrogens with zero attached hydrogens (tertiary/aromatic N) is 3. The van der Waals surface area contributed by atoms with E-state index in [9.17, 15) is 4.39 Å². The Labute approximate surface area is 129 Å². The fourth-order valence-corrected chi connectivity index (χ4v) is 3.27. The van der Waals surface area contributed by atoms with Crippen LogP contribution in [0.15, 0.2) is 30.6 Å². The molecule has 21 heavy (non-hydrogen) atoms. The van der Waals surface area contributed by atoms with E-state index in [1.165, 1.54) is 11.9 Å². The number of benzene rings is 1. The maximum absolute atomic E-state index is 13.8. The van der Waals surface area contributed by atoms with Crippen molar-refractivity contribution in [2.45, 2.75) is 25.9 Å². The van der Waals surface area contributed by atoms with Crippen LogP contribution in [0.25, 0.3) is 0 Å². The lowest BCUT2D eigenvalue weighted by molar-refractivity contribution is 0.227. The van der Waals surface area contributed by atoms with Crippen LogP contribution in [0.2, 0.25) is 5.02 Å². The van der Waals surface area contributed by atoms with E-state index >= 15 is 0 Å². The maximum Gasteiger partial charge on any atom is 0.129 e. The highest BCUT2D eigenvalue weighted by molar-refractivity contribution is 6.31. The summed E-state index contributed by atoms with van der Waals surface area (Å²) in [5.41, 5.74) is 0.584. The van der Waals surface area contributed by atoms with Gasteiger partial charge in [-0.25, -0.2) is 9.37 Å². The second kappa shape index (κ2) is 6.16. The third kappa shape index (κ3) is 3.27. The van der Waals surface area contributed by atoms with Crippen molar-refractivity contribution in [1.29, 1.82) is 0 Å². The molecule has 0 unspecified atom stereocenters. The fourth-order valence-electron chi connectivity index (χ4n) is 3.04. The number of rotatable bonds is 4. The molecule has 1 aliphatic rings. The van der Waals surface area contributed by atoms with Gasteiger partial charge in [0, 0.05) is 49.0 Å². The molecule has 2 heterocycles. The van der Waals surface area contributed by atoms with Crippen molar-refractivity contribution >= 4 is 11.6 Å². The topological polar surface area (TPSA) is 21.1 Å². The zero-order chi connectivity index (χ0) is 14.8. The summed E-state index contributed by atoms with van der Waals surface area (Å²) < 4.78 is 16.0. The molecule has 0 saturated heterocycles. The molecular formula is C16H19ClFN3. The molecule has 1 aromatic carbocycles. The van der Waals surface area contributed by atoms with Crippen LogP contribution in [0.4, 0.5) is 4.39 Å². The molecule has 0 saturated carbocycles. The molecule has 0 bridgehead atoms. The Kier molecular flexibility index (Phi) is 4.27. The first-order chi connectivity index (χ1) is 10.1. The second-order valence-corrected chi connectivity index (χ2v) is 6.20. The van der Waals surface area contributed by atoms with E-state index in [0.717, 1.165) is 25.9 Å². The van der Waals surface area contributed by atoms with Crippen LogP contribution >= 0.6 is 11.6 Å². The van der Waals surface area contributed by atoms with Crippen molar-refractivity contribution in [2.75, 3.05) is 13.6 Å². The predicted octanol–water partition coefficient (Wildman–Crippen LogP) is 3.37. The van der Waals surface area contributed by atoms with E-state index in [0.29, 0.717) is 23.0 Å². The fraction of sp³-hybridized carbons (Fsp3) is 0.438. The molecule has 0 radical (unpaired) electrons. The normalized spacial score (nSPS) is 18.0. The average molecular weight is 308 g/mol. The molecule has 5 heteroatoms. The Bertz CT molecular complexity index is 605. The van der Waals surface area contributed by atoms with E-state index in [1.807, 2.05) is 19.4 Å². The van der Waals surface area contributed by atoms with Gasteiger partial charge in [0.25, 0.3) is 0 Å². The molecule has 112 valence electrons. The minimum Gasteiger partial charge on any atom is -0.335 e. The standard InChI is InChI=1S/C16H19ClFN3/c1-20(11-13-14(17)3-2-4-15(13)18)9-12-5-6-16-19-7-8-21(16)10-12/h2-4,7-8,12H,5-6,9-11H2,1H3/t12-/m1/s1. The largest absolute Gasteiger partial charge is 0.335 e. The zero-order valence-electron chi connectivity index (χ0n) is 12.1. The van der Waals surface area contributed by atoms with Crippen molar-refractivity contribution in [3.8, 4) is 0 Å². The third-order valence-electron chi connectivity index (χ3n) is 4.09. The van der Waals surface area contributed by atoms with Crippen LogP contribution in [0.3, 0.4) is 0 Å². The Morgan fingerprint density at radius 2 is 2.33 bits per heavy atom. The molecule has 0 aliphatic carbocycles. The van der Waals surface area contributed by atoms with E-state index in [2.05, 4.69) is 14.5 Å². The van der Waals surface area contributed by atoms with Crippen LogP contribution in [0, 0.1) is 11.7 Å². The summed E-state index contributed by atoms with van der Waals surface area (Å²) >= 11 is 6.09. The Morgan fingerprint density at radius 1 is 1.48 bits per heavy atom. The van der Waals surface area contributed by atoms with Gasteiger partial charge in [0.15, 0.2) is 0 Å². The van der Waals surface area contributed by atoms with Crippen LogP contribution in [-0.2, 0) is 19.5 Å². The Balaban J connectivity index is 1.61. The Hall–Kier alpha value is -1.39. The number of aromatic nitrogens is 2. The van der Waals surface area contributed by atoms with E-state index < -0.39 is 0 Å². The van der Waals surface area contributed by atoms with Gasteiger partial charge in [0.05, 0.1) is 0 Å². The lowest BCUT2D eigenvalue weighted by Gasteiger charge is -2.28. The van der Waals surface area contributed by atoms with Gasteiger partial charge in [-0.15, -0.1) is 0 Å². The molecule has 0 amide bonds. The van der Waals surface area contributed by atoms with Crippen molar-refractivity contribution < 1.29 is 4.39 Å². The van der Waals surface area contributed by atoms with E-state index in [-0.39, 0.29) is 5.82 Å².